The Kier molecular flexibility index (Phi) is 7.17. The van der Waals surface area contributed by atoms with Crippen LogP contribution in [0.3, 0.4) is 0 Å². The van der Waals surface area contributed by atoms with Gasteiger partial charge in [-0.15, -0.1) is 0 Å². The van der Waals surface area contributed by atoms with Gasteiger partial charge in [0.2, 0.25) is 0 Å². The van der Waals surface area contributed by atoms with Crippen LogP contribution in [-0.2, 0) is 17.9 Å². The number of benzene rings is 1. The minimum atomic E-state index is -0.270. The largest absolute Gasteiger partial charge is 0.369 e. The van der Waals surface area contributed by atoms with Gasteiger partial charge in [-0.25, -0.2) is 9.97 Å². The standard InChI is InChI=1S/C25H21ClN6O2S2/c26-19-7-2-1-6-17(19)15-32-24(34)20(36-25(32)35)14-18-22(28-9-5-11-30-13-10-27-16-30)29-21-8-3-4-12-31(21)23(18)33/h1-4,6-8,10,12-14,16,28H,5,9,11,15H2. The van der Waals surface area contributed by atoms with Crippen LogP contribution in [0.5, 0.6) is 0 Å². The van der Waals surface area contributed by atoms with Gasteiger partial charge in [0.05, 0.1) is 23.3 Å². The van der Waals surface area contributed by atoms with Crippen molar-refractivity contribution in [1.29, 1.82) is 0 Å². The van der Waals surface area contributed by atoms with Crippen LogP contribution in [0.2, 0.25) is 5.02 Å². The summed E-state index contributed by atoms with van der Waals surface area (Å²) in [6, 6.07) is 12.7. The molecule has 182 valence electrons. The number of hydrogen-bond acceptors (Lipinski definition) is 7. The van der Waals surface area contributed by atoms with Crippen molar-refractivity contribution in [3.8, 4) is 0 Å². The summed E-state index contributed by atoms with van der Waals surface area (Å²) in [6.45, 7) is 1.62. The molecule has 3 aromatic heterocycles. The Morgan fingerprint density at radius 2 is 1.94 bits per heavy atom. The molecule has 0 radical (unpaired) electrons. The number of halogens is 1. The number of aromatic nitrogens is 4. The summed E-state index contributed by atoms with van der Waals surface area (Å²) in [5.74, 6) is 0.154. The van der Waals surface area contributed by atoms with E-state index in [9.17, 15) is 9.59 Å². The number of imidazole rings is 1. The van der Waals surface area contributed by atoms with E-state index in [0.29, 0.717) is 37.8 Å². The fourth-order valence-electron chi connectivity index (χ4n) is 3.82. The number of anilines is 1. The Labute approximate surface area is 221 Å². The van der Waals surface area contributed by atoms with E-state index in [1.165, 1.54) is 9.30 Å². The topological polar surface area (TPSA) is 84.5 Å². The summed E-state index contributed by atoms with van der Waals surface area (Å²) < 4.78 is 3.86. The molecular weight excluding hydrogens is 516 g/mol. The number of nitrogens with zero attached hydrogens (tertiary/aromatic N) is 5. The molecule has 0 atom stereocenters. The van der Waals surface area contributed by atoms with Crippen LogP contribution in [0.1, 0.15) is 17.5 Å². The second-order valence-electron chi connectivity index (χ2n) is 8.05. The predicted octanol–water partition coefficient (Wildman–Crippen LogP) is 4.45. The lowest BCUT2D eigenvalue weighted by Crippen LogP contribution is -2.27. The molecule has 1 amide bonds. The van der Waals surface area contributed by atoms with Crippen LogP contribution in [0.15, 0.2) is 77.1 Å². The highest BCUT2D eigenvalue weighted by Gasteiger charge is 2.33. The lowest BCUT2D eigenvalue weighted by atomic mass is 10.2. The molecule has 1 fully saturated rings. The summed E-state index contributed by atoms with van der Waals surface area (Å²) >= 11 is 12.9. The maximum absolute atomic E-state index is 13.4. The second-order valence-corrected chi connectivity index (χ2v) is 10.1. The number of amides is 1. The molecule has 1 N–H and O–H groups in total. The van der Waals surface area contributed by atoms with Crippen LogP contribution in [0.25, 0.3) is 11.7 Å². The Bertz CT molecular complexity index is 1530. The van der Waals surface area contributed by atoms with Crippen molar-refractivity contribution < 1.29 is 4.79 Å². The summed E-state index contributed by atoms with van der Waals surface area (Å²) in [4.78, 5) is 37.2. The Morgan fingerprint density at radius 1 is 1.11 bits per heavy atom. The molecule has 1 aromatic carbocycles. The summed E-state index contributed by atoms with van der Waals surface area (Å²) in [5, 5.41) is 3.84. The number of carbonyl (C=O) groups is 1. The number of pyridine rings is 1. The van der Waals surface area contributed by atoms with E-state index < -0.39 is 0 Å². The molecule has 0 unspecified atom stereocenters. The van der Waals surface area contributed by atoms with Gasteiger partial charge in [-0.3, -0.25) is 18.9 Å². The van der Waals surface area contributed by atoms with Gasteiger partial charge in [0.15, 0.2) is 0 Å². The molecule has 0 aliphatic carbocycles. The number of aryl methyl sites for hydroxylation is 1. The Balaban J connectivity index is 1.44. The van der Waals surface area contributed by atoms with Crippen molar-refractivity contribution in [1.82, 2.24) is 23.8 Å². The van der Waals surface area contributed by atoms with Crippen LogP contribution in [-0.4, -0.2) is 40.6 Å². The van der Waals surface area contributed by atoms with Crippen molar-refractivity contribution in [2.75, 3.05) is 11.9 Å². The molecule has 0 bridgehead atoms. The van der Waals surface area contributed by atoms with Gasteiger partial charge in [0.1, 0.15) is 15.8 Å². The molecule has 0 spiro atoms. The van der Waals surface area contributed by atoms with Crippen molar-refractivity contribution in [2.45, 2.75) is 19.5 Å². The summed E-state index contributed by atoms with van der Waals surface area (Å²) in [5.41, 5.74) is 1.35. The van der Waals surface area contributed by atoms with Crippen molar-refractivity contribution in [3.63, 3.8) is 0 Å². The second kappa shape index (κ2) is 10.7. The van der Waals surface area contributed by atoms with E-state index in [4.69, 9.17) is 23.8 Å². The van der Waals surface area contributed by atoms with Crippen molar-refractivity contribution >= 4 is 63.3 Å². The molecular formula is C25H21ClN6O2S2. The van der Waals surface area contributed by atoms with E-state index in [1.807, 2.05) is 35.0 Å². The lowest BCUT2D eigenvalue weighted by molar-refractivity contribution is -0.122. The molecule has 1 aliphatic heterocycles. The average Bonchev–Trinajstić information content (AvgIpc) is 3.49. The van der Waals surface area contributed by atoms with Gasteiger partial charge in [0, 0.05) is 36.7 Å². The third-order valence-corrected chi connectivity index (χ3v) is 7.40. The van der Waals surface area contributed by atoms with Gasteiger partial charge >= 0.3 is 0 Å². The molecule has 0 saturated carbocycles. The first-order valence-corrected chi connectivity index (χ1v) is 12.8. The predicted molar refractivity (Wildman–Crippen MR) is 147 cm³/mol. The number of carbonyl (C=O) groups excluding carboxylic acids is 1. The lowest BCUT2D eigenvalue weighted by Gasteiger charge is -2.15. The third-order valence-electron chi connectivity index (χ3n) is 5.65. The van der Waals surface area contributed by atoms with Crippen molar-refractivity contribution in [2.24, 2.45) is 0 Å². The van der Waals surface area contributed by atoms with Gasteiger partial charge < -0.3 is 9.88 Å². The molecule has 5 rings (SSSR count). The first kappa shape index (κ1) is 24.2. The van der Waals surface area contributed by atoms with Crippen LogP contribution < -0.4 is 10.9 Å². The molecule has 8 nitrogen and oxygen atoms in total. The number of nitrogens with one attached hydrogen (secondary N) is 1. The SMILES string of the molecule is O=C1C(=Cc2c(NCCCn3ccnc3)nc3ccccn3c2=O)SC(=S)N1Cc1ccccc1Cl. The van der Waals surface area contributed by atoms with E-state index in [1.54, 1.807) is 43.0 Å². The zero-order chi connectivity index (χ0) is 25.1. The van der Waals surface area contributed by atoms with E-state index in [0.717, 1.165) is 30.3 Å². The number of hydrogen-bond donors (Lipinski definition) is 1. The molecule has 11 heteroatoms. The van der Waals surface area contributed by atoms with Gasteiger partial charge in [-0.1, -0.05) is 59.8 Å². The Hall–Kier alpha value is -3.47. The van der Waals surface area contributed by atoms with Crippen LogP contribution >= 0.6 is 35.6 Å². The highest BCUT2D eigenvalue weighted by atomic mass is 35.5. The average molecular weight is 537 g/mol. The number of fused-ring (bicyclic) bond motifs is 1. The van der Waals surface area contributed by atoms with Gasteiger partial charge in [-0.2, -0.15) is 0 Å². The first-order valence-electron chi connectivity index (χ1n) is 11.2. The third kappa shape index (κ3) is 5.06. The van der Waals surface area contributed by atoms with E-state index in [2.05, 4.69) is 15.3 Å². The monoisotopic (exact) mass is 536 g/mol. The minimum absolute atomic E-state index is 0.260. The fourth-order valence-corrected chi connectivity index (χ4v) is 5.25. The highest BCUT2D eigenvalue weighted by Crippen LogP contribution is 2.34. The van der Waals surface area contributed by atoms with E-state index >= 15 is 0 Å². The van der Waals surface area contributed by atoms with Crippen molar-refractivity contribution in [3.05, 3.63) is 98.8 Å². The quantitative estimate of drug-likeness (QED) is 0.202. The van der Waals surface area contributed by atoms with Gasteiger partial charge in [-0.05, 0) is 36.3 Å². The maximum Gasteiger partial charge on any atom is 0.267 e. The van der Waals surface area contributed by atoms with Gasteiger partial charge in [0.25, 0.3) is 11.5 Å². The highest BCUT2D eigenvalue weighted by molar-refractivity contribution is 8.26. The number of thioether (sulfide) groups is 1. The summed E-state index contributed by atoms with van der Waals surface area (Å²) in [7, 11) is 0. The molecule has 36 heavy (non-hydrogen) atoms. The van der Waals surface area contributed by atoms with E-state index in [-0.39, 0.29) is 18.0 Å². The molecule has 4 aromatic rings. The molecule has 4 heterocycles. The normalized spacial score (nSPS) is 14.8. The fraction of sp³-hybridized carbons (Fsp3) is 0.160. The minimum Gasteiger partial charge on any atom is -0.369 e. The first-order chi connectivity index (χ1) is 17.5. The summed E-state index contributed by atoms with van der Waals surface area (Å²) in [6.07, 6.45) is 9.44. The molecule has 1 aliphatic rings. The van der Waals surface area contributed by atoms with Crippen LogP contribution in [0.4, 0.5) is 5.82 Å². The maximum atomic E-state index is 13.4. The molecule has 1 saturated heterocycles. The number of thiocarbonyl (C=S) groups is 1. The number of rotatable bonds is 8. The van der Waals surface area contributed by atoms with Crippen LogP contribution in [0, 0.1) is 0 Å². The zero-order valence-electron chi connectivity index (χ0n) is 19.0. The Morgan fingerprint density at radius 3 is 2.75 bits per heavy atom. The smallest absolute Gasteiger partial charge is 0.267 e. The zero-order valence-corrected chi connectivity index (χ0v) is 21.4.